The summed E-state index contributed by atoms with van der Waals surface area (Å²) in [6.45, 7) is 0. The predicted octanol–water partition coefficient (Wildman–Crippen LogP) is 3.81. The average Bonchev–Trinajstić information content (AvgIpc) is 3.22. The number of benzene rings is 3. The molecule has 0 heterocycles. The third-order valence-corrected chi connectivity index (χ3v) is 5.08. The molecule has 1 aliphatic carbocycles. The Morgan fingerprint density at radius 3 is 1.26 bits per heavy atom. The van der Waals surface area contributed by atoms with E-state index >= 15 is 0 Å². The molecule has 0 atom stereocenters. The van der Waals surface area contributed by atoms with Gasteiger partial charge < -0.3 is 20.4 Å². The van der Waals surface area contributed by atoms with Gasteiger partial charge in [-0.25, -0.2) is 19.2 Å². The number of carbonyl (C=O) groups is 4. The summed E-state index contributed by atoms with van der Waals surface area (Å²) >= 11 is 0. The van der Waals surface area contributed by atoms with Gasteiger partial charge in [0.05, 0.1) is 22.3 Å². The molecule has 0 aliphatic heterocycles. The van der Waals surface area contributed by atoms with Gasteiger partial charge in [-0.1, -0.05) is 12.1 Å². The fraction of sp³-hybridized carbons (Fsp3) is 0.130. The van der Waals surface area contributed by atoms with Gasteiger partial charge in [-0.05, 0) is 77.6 Å². The van der Waals surface area contributed by atoms with Crippen molar-refractivity contribution in [3.63, 3.8) is 0 Å². The van der Waals surface area contributed by atoms with Crippen molar-refractivity contribution in [2.75, 3.05) is 0 Å². The smallest absolute Gasteiger partial charge is 0.335 e. The Labute approximate surface area is 176 Å². The first-order valence-corrected chi connectivity index (χ1v) is 9.30. The molecule has 8 heteroatoms. The summed E-state index contributed by atoms with van der Waals surface area (Å²) in [6, 6.07) is 11.9. The van der Waals surface area contributed by atoms with Gasteiger partial charge in [0.2, 0.25) is 0 Å². The van der Waals surface area contributed by atoms with Crippen molar-refractivity contribution in [2.24, 2.45) is 0 Å². The molecule has 3 aromatic rings. The Morgan fingerprint density at radius 2 is 0.935 bits per heavy atom. The van der Waals surface area contributed by atoms with Crippen LogP contribution in [0.1, 0.15) is 59.0 Å². The lowest BCUT2D eigenvalue weighted by Crippen LogP contribution is -2.07. The molecule has 0 amide bonds. The van der Waals surface area contributed by atoms with Crippen molar-refractivity contribution in [3.05, 3.63) is 81.9 Å². The van der Waals surface area contributed by atoms with E-state index in [0.29, 0.717) is 34.7 Å². The second-order valence-corrected chi connectivity index (χ2v) is 6.97. The van der Waals surface area contributed by atoms with E-state index in [0.717, 1.165) is 6.42 Å². The van der Waals surface area contributed by atoms with Crippen LogP contribution in [0.5, 0.6) is 0 Å². The molecule has 0 aromatic heterocycles. The minimum absolute atomic E-state index is 0.190. The van der Waals surface area contributed by atoms with Crippen LogP contribution in [0.15, 0.2) is 48.5 Å². The molecule has 0 spiro atoms. The van der Waals surface area contributed by atoms with E-state index in [1.54, 1.807) is 12.1 Å². The molecule has 4 rings (SSSR count). The van der Waals surface area contributed by atoms with Crippen molar-refractivity contribution in [1.29, 1.82) is 0 Å². The number of rotatable bonds is 4. The molecule has 0 saturated heterocycles. The Morgan fingerprint density at radius 1 is 0.548 bits per heavy atom. The number of fused-ring (bicyclic) bond motifs is 2. The topological polar surface area (TPSA) is 149 Å². The normalized spacial score (nSPS) is 11.9. The highest BCUT2D eigenvalue weighted by Gasteiger charge is 2.23. The molecular weight excluding hydrogens is 404 g/mol. The predicted molar refractivity (Wildman–Crippen MR) is 110 cm³/mol. The largest absolute Gasteiger partial charge is 0.478 e. The molecule has 0 saturated carbocycles. The lowest BCUT2D eigenvalue weighted by Gasteiger charge is -2.07. The summed E-state index contributed by atoms with van der Waals surface area (Å²) in [5.74, 6) is -3.96. The second kappa shape index (κ2) is 8.66. The van der Waals surface area contributed by atoms with Crippen LogP contribution in [0.2, 0.25) is 0 Å². The third-order valence-electron chi connectivity index (χ3n) is 5.08. The quantitative estimate of drug-likeness (QED) is 0.496. The van der Waals surface area contributed by atoms with Crippen LogP contribution >= 0.6 is 0 Å². The molecule has 31 heavy (non-hydrogen) atoms. The minimum Gasteiger partial charge on any atom is -0.478 e. The van der Waals surface area contributed by atoms with Crippen LogP contribution in [-0.4, -0.2) is 44.3 Å². The van der Waals surface area contributed by atoms with Crippen LogP contribution in [0.25, 0.3) is 10.8 Å². The molecule has 0 radical (unpaired) electrons. The van der Waals surface area contributed by atoms with E-state index in [-0.39, 0.29) is 22.3 Å². The zero-order valence-corrected chi connectivity index (χ0v) is 16.2. The van der Waals surface area contributed by atoms with Crippen molar-refractivity contribution in [3.8, 4) is 0 Å². The van der Waals surface area contributed by atoms with Crippen LogP contribution in [0, 0.1) is 0 Å². The van der Waals surface area contributed by atoms with Crippen molar-refractivity contribution in [1.82, 2.24) is 0 Å². The van der Waals surface area contributed by atoms with E-state index in [1.165, 1.54) is 36.4 Å². The van der Waals surface area contributed by atoms with Crippen LogP contribution in [-0.2, 0) is 12.8 Å². The molecule has 4 N–H and O–H groups in total. The van der Waals surface area contributed by atoms with E-state index in [9.17, 15) is 19.2 Å². The van der Waals surface area contributed by atoms with Crippen molar-refractivity contribution < 1.29 is 39.6 Å². The van der Waals surface area contributed by atoms with Crippen LogP contribution in [0.4, 0.5) is 0 Å². The van der Waals surface area contributed by atoms with Gasteiger partial charge in [0.25, 0.3) is 0 Å². The van der Waals surface area contributed by atoms with E-state index in [1.807, 2.05) is 0 Å². The highest BCUT2D eigenvalue weighted by molar-refractivity contribution is 5.98. The SMILES string of the molecule is O=C(O)c1ccc(C(=O)O)c2c1CCC2.O=C(O)c1ccc2cc(C(=O)O)ccc2c1. The first-order chi connectivity index (χ1) is 14.7. The molecular formula is C23H18O8. The summed E-state index contributed by atoms with van der Waals surface area (Å²) in [4.78, 5) is 43.2. The van der Waals surface area contributed by atoms with E-state index in [2.05, 4.69) is 0 Å². The molecule has 0 fully saturated rings. The van der Waals surface area contributed by atoms with E-state index < -0.39 is 23.9 Å². The van der Waals surface area contributed by atoms with E-state index in [4.69, 9.17) is 20.4 Å². The first kappa shape index (κ1) is 21.5. The highest BCUT2D eigenvalue weighted by atomic mass is 16.4. The zero-order valence-electron chi connectivity index (χ0n) is 16.2. The molecule has 1 aliphatic rings. The molecule has 3 aromatic carbocycles. The first-order valence-electron chi connectivity index (χ1n) is 9.30. The summed E-state index contributed by atoms with van der Waals surface area (Å²) < 4.78 is 0. The Bertz CT molecular complexity index is 1130. The number of carboxylic acids is 4. The van der Waals surface area contributed by atoms with Crippen molar-refractivity contribution >= 4 is 34.6 Å². The summed E-state index contributed by atoms with van der Waals surface area (Å²) in [7, 11) is 0. The number of hydrogen-bond acceptors (Lipinski definition) is 4. The van der Waals surface area contributed by atoms with Gasteiger partial charge in [0.1, 0.15) is 0 Å². The molecule has 8 nitrogen and oxygen atoms in total. The Balaban J connectivity index is 0.000000176. The van der Waals surface area contributed by atoms with Gasteiger partial charge >= 0.3 is 23.9 Å². The average molecular weight is 422 g/mol. The van der Waals surface area contributed by atoms with Gasteiger partial charge in [-0.15, -0.1) is 0 Å². The number of hydrogen-bond donors (Lipinski definition) is 4. The third kappa shape index (κ3) is 4.53. The Kier molecular flexibility index (Phi) is 6.01. The summed E-state index contributed by atoms with van der Waals surface area (Å²) in [5.41, 5.74) is 2.26. The van der Waals surface area contributed by atoms with Gasteiger partial charge in [-0.2, -0.15) is 0 Å². The van der Waals surface area contributed by atoms with Crippen LogP contribution < -0.4 is 0 Å². The van der Waals surface area contributed by atoms with Gasteiger partial charge in [-0.3, -0.25) is 0 Å². The lowest BCUT2D eigenvalue weighted by molar-refractivity contribution is 0.0679. The van der Waals surface area contributed by atoms with Crippen molar-refractivity contribution in [2.45, 2.75) is 19.3 Å². The maximum atomic E-state index is 10.9. The maximum absolute atomic E-state index is 10.9. The summed E-state index contributed by atoms with van der Waals surface area (Å²) in [6.07, 6.45) is 2.16. The zero-order chi connectivity index (χ0) is 22.7. The lowest BCUT2D eigenvalue weighted by atomic mass is 9.98. The summed E-state index contributed by atoms with van der Waals surface area (Å²) in [5, 5.41) is 36.9. The maximum Gasteiger partial charge on any atom is 0.335 e. The molecule has 158 valence electrons. The molecule has 0 bridgehead atoms. The standard InChI is InChI=1S/C12H8O4.C11H10O4/c13-11(14)9-3-1-7-5-10(12(15)16)4-2-8(7)6-9;12-10(13)8-4-5-9(11(14)15)7-3-1-2-6(7)8/h1-6H,(H,13,14)(H,15,16);4-5H,1-3H2,(H,12,13)(H,14,15). The molecule has 0 unspecified atom stereocenters. The fourth-order valence-electron chi connectivity index (χ4n) is 3.62. The number of carboxylic acid groups (broad SMARTS) is 4. The fourth-order valence-corrected chi connectivity index (χ4v) is 3.62. The monoisotopic (exact) mass is 422 g/mol. The number of aromatic carboxylic acids is 4. The van der Waals surface area contributed by atoms with Gasteiger partial charge in [0.15, 0.2) is 0 Å². The Hall–Kier alpha value is -4.20. The van der Waals surface area contributed by atoms with Crippen LogP contribution in [0.3, 0.4) is 0 Å². The minimum atomic E-state index is -0.996. The van der Waals surface area contributed by atoms with Gasteiger partial charge in [0, 0.05) is 0 Å². The second-order valence-electron chi connectivity index (χ2n) is 6.97. The highest BCUT2D eigenvalue weighted by Crippen LogP contribution is 2.28.